The van der Waals surface area contributed by atoms with E-state index in [1.165, 1.54) is 0 Å². The highest BCUT2D eigenvalue weighted by Crippen LogP contribution is 2.26. The Morgan fingerprint density at radius 1 is 0.933 bits per heavy atom. The second-order valence-corrected chi connectivity index (χ2v) is 9.51. The number of hydrogen-bond donors (Lipinski definition) is 1. The molecule has 1 saturated carbocycles. The van der Waals surface area contributed by atoms with Crippen molar-refractivity contribution < 1.29 is 17.9 Å². The summed E-state index contributed by atoms with van der Waals surface area (Å²) in [4.78, 5) is 13.2. The first-order valence-corrected chi connectivity index (χ1v) is 11.7. The molecule has 5 nitrogen and oxygen atoms in total. The van der Waals surface area contributed by atoms with E-state index >= 15 is 0 Å². The number of hydrogen-bond acceptors (Lipinski definition) is 4. The molecule has 0 spiro atoms. The van der Waals surface area contributed by atoms with Crippen LogP contribution in [0.5, 0.6) is 0 Å². The predicted octanol–water partition coefficient (Wildman–Crippen LogP) is 4.59. The lowest BCUT2D eigenvalue weighted by Crippen LogP contribution is -2.47. The third-order valence-corrected chi connectivity index (χ3v) is 7.11. The Morgan fingerprint density at radius 2 is 1.63 bits per heavy atom. The lowest BCUT2D eigenvalue weighted by molar-refractivity contribution is 0.0133. The highest BCUT2D eigenvalue weighted by Gasteiger charge is 2.32. The second kappa shape index (κ2) is 8.58. The Bertz CT molecular complexity index is 1150. The molecule has 0 saturated heterocycles. The fourth-order valence-electron chi connectivity index (χ4n) is 3.96. The molecule has 0 radical (unpaired) electrons. The highest BCUT2D eigenvalue weighted by molar-refractivity contribution is 7.89. The van der Waals surface area contributed by atoms with E-state index in [4.69, 9.17) is 4.74 Å². The Hall–Kier alpha value is -2.70. The number of ether oxygens (including phenoxy) is 1. The van der Waals surface area contributed by atoms with Gasteiger partial charge in [-0.25, -0.2) is 17.9 Å². The van der Waals surface area contributed by atoms with Gasteiger partial charge in [-0.3, -0.25) is 0 Å². The number of rotatable bonds is 5. The number of fused-ring (bicyclic) bond motifs is 1. The maximum atomic E-state index is 12.9. The van der Waals surface area contributed by atoms with Gasteiger partial charge < -0.3 is 4.74 Å². The SMILES string of the molecule is Cc1ccc(S(=O)(=O)N[C@H]2CCCC[C@@H]2OC(=O)c2cccc3ccccc23)cc1. The van der Waals surface area contributed by atoms with E-state index in [0.29, 0.717) is 18.4 Å². The van der Waals surface area contributed by atoms with Gasteiger partial charge in [-0.1, -0.05) is 60.5 Å². The number of carbonyl (C=O) groups excluding carboxylic acids is 1. The molecular weight excluding hydrogens is 398 g/mol. The summed E-state index contributed by atoms with van der Waals surface area (Å²) in [5.74, 6) is -0.418. The number of benzene rings is 3. The third-order valence-electron chi connectivity index (χ3n) is 5.61. The van der Waals surface area contributed by atoms with Crippen LogP contribution in [0.2, 0.25) is 0 Å². The van der Waals surface area contributed by atoms with Gasteiger partial charge in [0.1, 0.15) is 6.10 Å². The zero-order valence-corrected chi connectivity index (χ0v) is 17.7. The van der Waals surface area contributed by atoms with Crippen LogP contribution < -0.4 is 4.72 Å². The van der Waals surface area contributed by atoms with Crippen LogP contribution in [0.15, 0.2) is 71.6 Å². The van der Waals surface area contributed by atoms with Crippen molar-refractivity contribution in [1.82, 2.24) is 4.72 Å². The first-order valence-electron chi connectivity index (χ1n) is 10.2. The van der Waals surface area contributed by atoms with Crippen LogP contribution in [0, 0.1) is 6.92 Å². The molecule has 0 amide bonds. The minimum absolute atomic E-state index is 0.220. The molecule has 0 heterocycles. The molecule has 0 aliphatic heterocycles. The molecule has 3 aromatic rings. The summed E-state index contributed by atoms with van der Waals surface area (Å²) < 4.78 is 34.3. The van der Waals surface area contributed by atoms with Crippen LogP contribution in [-0.2, 0) is 14.8 Å². The second-order valence-electron chi connectivity index (χ2n) is 7.80. The monoisotopic (exact) mass is 423 g/mol. The Balaban J connectivity index is 1.54. The maximum absolute atomic E-state index is 12.9. The fraction of sp³-hybridized carbons (Fsp3) is 0.292. The lowest BCUT2D eigenvalue weighted by atomic mass is 9.93. The average molecular weight is 424 g/mol. The van der Waals surface area contributed by atoms with E-state index in [2.05, 4.69) is 4.72 Å². The molecule has 4 rings (SSSR count). The number of esters is 1. The first kappa shape index (κ1) is 20.6. The van der Waals surface area contributed by atoms with Gasteiger partial charge in [-0.05, 0) is 55.2 Å². The molecule has 156 valence electrons. The van der Waals surface area contributed by atoms with Crippen molar-refractivity contribution in [1.29, 1.82) is 0 Å². The summed E-state index contributed by atoms with van der Waals surface area (Å²) in [5.41, 5.74) is 1.49. The van der Waals surface area contributed by atoms with E-state index in [-0.39, 0.29) is 4.90 Å². The van der Waals surface area contributed by atoms with Crippen molar-refractivity contribution in [3.05, 3.63) is 77.9 Å². The van der Waals surface area contributed by atoms with E-state index < -0.39 is 28.1 Å². The zero-order valence-electron chi connectivity index (χ0n) is 16.9. The van der Waals surface area contributed by atoms with E-state index in [0.717, 1.165) is 29.2 Å². The van der Waals surface area contributed by atoms with Crippen molar-refractivity contribution in [3.8, 4) is 0 Å². The van der Waals surface area contributed by atoms with Crippen molar-refractivity contribution in [2.75, 3.05) is 0 Å². The molecule has 30 heavy (non-hydrogen) atoms. The van der Waals surface area contributed by atoms with Crippen LogP contribution in [-0.4, -0.2) is 26.5 Å². The van der Waals surface area contributed by atoms with E-state index in [1.807, 2.05) is 43.3 Å². The minimum Gasteiger partial charge on any atom is -0.457 e. The van der Waals surface area contributed by atoms with Gasteiger partial charge >= 0.3 is 5.97 Å². The van der Waals surface area contributed by atoms with Crippen molar-refractivity contribution in [2.45, 2.75) is 49.6 Å². The molecule has 1 aliphatic carbocycles. The first-order chi connectivity index (χ1) is 14.4. The van der Waals surface area contributed by atoms with Gasteiger partial charge in [0.25, 0.3) is 0 Å². The summed E-state index contributed by atoms with van der Waals surface area (Å²) in [6.45, 7) is 1.91. The van der Waals surface area contributed by atoms with Crippen LogP contribution in [0.4, 0.5) is 0 Å². The summed E-state index contributed by atoms with van der Waals surface area (Å²) >= 11 is 0. The van der Waals surface area contributed by atoms with E-state index in [1.54, 1.807) is 30.3 Å². The number of sulfonamides is 1. The lowest BCUT2D eigenvalue weighted by Gasteiger charge is -2.31. The van der Waals surface area contributed by atoms with Gasteiger partial charge in [0.15, 0.2) is 0 Å². The Labute approximate surface area is 177 Å². The molecule has 0 unspecified atom stereocenters. The normalized spacial score (nSPS) is 19.5. The molecule has 0 aromatic heterocycles. The molecule has 1 fully saturated rings. The van der Waals surface area contributed by atoms with Crippen molar-refractivity contribution in [3.63, 3.8) is 0 Å². The van der Waals surface area contributed by atoms with Crippen LogP contribution >= 0.6 is 0 Å². The summed E-state index contributed by atoms with van der Waals surface area (Å²) in [7, 11) is -3.69. The fourth-order valence-corrected chi connectivity index (χ4v) is 5.26. The summed E-state index contributed by atoms with van der Waals surface area (Å²) in [5, 5.41) is 1.80. The molecule has 3 aromatic carbocycles. The maximum Gasteiger partial charge on any atom is 0.339 e. The third kappa shape index (κ3) is 4.40. The predicted molar refractivity (Wildman–Crippen MR) is 117 cm³/mol. The molecule has 6 heteroatoms. The topological polar surface area (TPSA) is 72.5 Å². The smallest absolute Gasteiger partial charge is 0.339 e. The highest BCUT2D eigenvalue weighted by atomic mass is 32.2. The zero-order chi connectivity index (χ0) is 21.1. The van der Waals surface area contributed by atoms with Crippen LogP contribution in [0.1, 0.15) is 41.6 Å². The minimum atomic E-state index is -3.69. The van der Waals surface area contributed by atoms with Gasteiger partial charge in [0, 0.05) is 0 Å². The van der Waals surface area contributed by atoms with E-state index in [9.17, 15) is 13.2 Å². The summed E-state index contributed by atoms with van der Waals surface area (Å²) in [6, 6.07) is 19.5. The average Bonchev–Trinajstić information content (AvgIpc) is 2.75. The Kier molecular flexibility index (Phi) is 5.88. The summed E-state index contributed by atoms with van der Waals surface area (Å²) in [6.07, 6.45) is 2.57. The van der Waals surface area contributed by atoms with Gasteiger partial charge in [0.2, 0.25) is 10.0 Å². The molecule has 1 aliphatic rings. The molecule has 2 atom stereocenters. The van der Waals surface area contributed by atoms with Gasteiger partial charge in [-0.2, -0.15) is 0 Å². The van der Waals surface area contributed by atoms with Gasteiger partial charge in [0.05, 0.1) is 16.5 Å². The molecular formula is C24H25NO4S. The molecule has 1 N–H and O–H groups in total. The number of carbonyl (C=O) groups is 1. The Morgan fingerprint density at radius 3 is 2.43 bits per heavy atom. The quantitative estimate of drug-likeness (QED) is 0.609. The number of nitrogens with one attached hydrogen (secondary N) is 1. The number of aryl methyl sites for hydroxylation is 1. The largest absolute Gasteiger partial charge is 0.457 e. The van der Waals surface area contributed by atoms with Crippen molar-refractivity contribution in [2.24, 2.45) is 0 Å². The molecule has 0 bridgehead atoms. The standard InChI is InChI=1S/C24H25NO4S/c1-17-13-15-19(16-14-17)30(27,28)25-22-11-4-5-12-23(22)29-24(26)21-10-6-8-18-7-2-3-9-20(18)21/h2-3,6-10,13-16,22-23,25H,4-5,11-12H2,1H3/t22-,23-/m0/s1. The van der Waals surface area contributed by atoms with Gasteiger partial charge in [-0.15, -0.1) is 0 Å². The van der Waals surface area contributed by atoms with Crippen LogP contribution in [0.3, 0.4) is 0 Å². The van der Waals surface area contributed by atoms with Crippen LogP contribution in [0.25, 0.3) is 10.8 Å². The van der Waals surface area contributed by atoms with Crippen molar-refractivity contribution >= 4 is 26.8 Å².